The lowest BCUT2D eigenvalue weighted by Crippen LogP contribution is -2.63. The molecule has 32 nitrogen and oxygen atoms in total. The number of hydrogen-bond donors (Lipinski definition) is 17. The first-order chi connectivity index (χ1) is 39.3. The number of phenols is 1. The van der Waals surface area contributed by atoms with Crippen molar-refractivity contribution in [3.63, 3.8) is 0 Å². The molecule has 1 heterocycles. The molecule has 0 bridgehead atoms. The molecule has 0 unspecified atom stereocenters. The lowest BCUT2D eigenvalue weighted by Gasteiger charge is -2.33. The number of aliphatic hydroxyl groups excluding tert-OH is 1. The van der Waals surface area contributed by atoms with Crippen LogP contribution in [0.5, 0.6) is 5.75 Å². The van der Waals surface area contributed by atoms with E-state index < -0.39 is 187 Å². The minimum atomic E-state index is -2.15. The molecule has 0 aliphatic carbocycles. The van der Waals surface area contributed by atoms with Crippen molar-refractivity contribution in [3.8, 4) is 5.75 Å². The number of phenolic OH excluding ortho intramolecular Hbond substituents is 1. The number of aromatic hydroxyl groups is 1. The fourth-order valence-corrected chi connectivity index (χ4v) is 8.62. The smallest absolute Gasteiger partial charge is 0.326 e. The van der Waals surface area contributed by atoms with Crippen LogP contribution in [0.25, 0.3) is 0 Å². The number of carboxylic acid groups (broad SMARTS) is 4. The third-order valence-corrected chi connectivity index (χ3v) is 13.6. The molecule has 0 saturated carbocycles. The third kappa shape index (κ3) is 23.8. The van der Waals surface area contributed by atoms with Crippen molar-refractivity contribution in [2.45, 2.75) is 178 Å². The standard InChI is InChI=1S/C52H80N12O20/c1-6-25(4)41(62-47(78)31(20-27-12-14-28(66)15-13-27)57-43(74)29(54)16-17-37(68)69)51(82)64-19-9-11-35(64)48(79)63-42(26(5)65)50(81)61-40(24(2)3)49(80)60-34(23-39(72)73)46(77)59-33(22-38(70)71)45(76)58-32(21-36(55)67)44(75)56-30(52(83)84)10-7-8-18-53/h12-15,24-26,29-35,40-42,65-66H,6-11,16-23,53-54H2,1-5H3,(H2,55,67)(H,56,75)(H,57,74)(H,58,76)(H,59,77)(H,60,80)(H,61,81)(H,62,78)(H,63,79)(H,68,69)(H,70,71)(H,72,73)(H,83,84)/t25-,26+,29-,30-,31-,32-,33-,34-,35-,40-,41-,42-/m0/s1. The second-order valence-electron chi connectivity index (χ2n) is 20.7. The van der Waals surface area contributed by atoms with E-state index in [4.69, 9.17) is 22.3 Å². The van der Waals surface area contributed by atoms with Crippen molar-refractivity contribution < 1.29 is 97.8 Å². The average Bonchev–Trinajstić information content (AvgIpc) is 4.10. The maximum atomic E-state index is 14.5. The van der Waals surface area contributed by atoms with Gasteiger partial charge >= 0.3 is 23.9 Å². The fourth-order valence-electron chi connectivity index (χ4n) is 8.62. The Kier molecular flexibility index (Phi) is 29.7. The number of aliphatic carboxylic acids is 4. The van der Waals surface area contributed by atoms with Gasteiger partial charge in [-0.25, -0.2) is 4.79 Å². The number of benzene rings is 1. The summed E-state index contributed by atoms with van der Waals surface area (Å²) in [6.45, 7) is 7.50. The summed E-state index contributed by atoms with van der Waals surface area (Å²) in [7, 11) is 0. The Hall–Kier alpha value is -8.52. The predicted molar refractivity (Wildman–Crippen MR) is 292 cm³/mol. The summed E-state index contributed by atoms with van der Waals surface area (Å²) in [6.07, 6.45) is -4.83. The first-order valence-electron chi connectivity index (χ1n) is 27.1. The van der Waals surface area contributed by atoms with Crippen molar-refractivity contribution in [3.05, 3.63) is 29.8 Å². The molecule has 1 aromatic rings. The number of nitrogens with one attached hydrogen (secondary N) is 8. The van der Waals surface area contributed by atoms with E-state index in [-0.39, 0.29) is 57.4 Å². The molecule has 84 heavy (non-hydrogen) atoms. The van der Waals surface area contributed by atoms with E-state index in [1.54, 1.807) is 13.8 Å². The Morgan fingerprint density at radius 1 is 0.595 bits per heavy atom. The minimum Gasteiger partial charge on any atom is -0.508 e. The number of unbranched alkanes of at least 4 members (excludes halogenated alkanes) is 1. The van der Waals surface area contributed by atoms with Crippen molar-refractivity contribution >= 4 is 82.9 Å². The van der Waals surface area contributed by atoms with Gasteiger partial charge in [0.15, 0.2) is 0 Å². The zero-order valence-electron chi connectivity index (χ0n) is 47.3. The molecule has 1 aliphatic rings. The summed E-state index contributed by atoms with van der Waals surface area (Å²) in [5.74, 6) is -18.8. The number of hydrogen-bond acceptors (Lipinski definition) is 18. The van der Waals surface area contributed by atoms with Crippen LogP contribution < -0.4 is 59.7 Å². The highest BCUT2D eigenvalue weighted by Crippen LogP contribution is 2.23. The van der Waals surface area contributed by atoms with Crippen LogP contribution >= 0.6 is 0 Å². The summed E-state index contributed by atoms with van der Waals surface area (Å²) < 4.78 is 0. The summed E-state index contributed by atoms with van der Waals surface area (Å²) >= 11 is 0. The molecule has 12 atom stereocenters. The number of carboxylic acids is 4. The van der Waals surface area contributed by atoms with Gasteiger partial charge in [0.25, 0.3) is 0 Å². The van der Waals surface area contributed by atoms with E-state index in [0.717, 1.165) is 6.92 Å². The van der Waals surface area contributed by atoms with E-state index >= 15 is 0 Å². The zero-order valence-corrected chi connectivity index (χ0v) is 47.3. The Labute approximate surface area is 482 Å². The second kappa shape index (κ2) is 34.8. The predicted octanol–water partition coefficient (Wildman–Crippen LogP) is -4.88. The van der Waals surface area contributed by atoms with Crippen LogP contribution in [0.1, 0.15) is 111 Å². The van der Waals surface area contributed by atoms with Gasteiger partial charge in [-0.2, -0.15) is 0 Å². The van der Waals surface area contributed by atoms with Crippen LogP contribution in [-0.2, 0) is 73.5 Å². The summed E-state index contributed by atoms with van der Waals surface area (Å²) in [5, 5.41) is 77.0. The second-order valence-corrected chi connectivity index (χ2v) is 20.7. The number of carbonyl (C=O) groups excluding carboxylic acids is 10. The third-order valence-electron chi connectivity index (χ3n) is 13.6. The molecule has 0 radical (unpaired) electrons. The van der Waals surface area contributed by atoms with Gasteiger partial charge in [-0.15, -0.1) is 0 Å². The first-order valence-corrected chi connectivity index (χ1v) is 27.1. The van der Waals surface area contributed by atoms with Gasteiger partial charge in [0.1, 0.15) is 60.1 Å². The van der Waals surface area contributed by atoms with Gasteiger partial charge in [-0.3, -0.25) is 62.3 Å². The van der Waals surface area contributed by atoms with E-state index in [1.807, 2.05) is 10.6 Å². The number of rotatable bonds is 37. The lowest BCUT2D eigenvalue weighted by molar-refractivity contribution is -0.144. The zero-order chi connectivity index (χ0) is 63.7. The van der Waals surface area contributed by atoms with Crippen molar-refractivity contribution in [1.29, 1.82) is 0 Å². The van der Waals surface area contributed by atoms with Gasteiger partial charge in [0.05, 0.1) is 31.4 Å². The van der Waals surface area contributed by atoms with Crippen LogP contribution in [0.15, 0.2) is 24.3 Å². The molecule has 1 aromatic carbocycles. The van der Waals surface area contributed by atoms with Gasteiger partial charge < -0.3 is 95.3 Å². The van der Waals surface area contributed by atoms with E-state index in [0.29, 0.717) is 18.4 Å². The lowest BCUT2D eigenvalue weighted by atomic mass is 9.96. The largest absolute Gasteiger partial charge is 0.508 e. The monoisotopic (exact) mass is 1190 g/mol. The first kappa shape index (κ1) is 71.6. The maximum absolute atomic E-state index is 14.5. The Bertz CT molecular complexity index is 2530. The highest BCUT2D eigenvalue weighted by molar-refractivity contribution is 6.00. The quantitative estimate of drug-likeness (QED) is 0.0278. The Morgan fingerprint density at radius 3 is 1.56 bits per heavy atom. The molecule has 468 valence electrons. The molecule has 2 rings (SSSR count). The van der Waals surface area contributed by atoms with E-state index in [9.17, 15) is 92.7 Å². The number of likely N-dealkylation sites (tertiary alicyclic amines) is 1. The number of amides is 10. The van der Waals surface area contributed by atoms with E-state index in [2.05, 4.69) is 31.9 Å². The molecule has 10 amide bonds. The van der Waals surface area contributed by atoms with Crippen LogP contribution in [0.4, 0.5) is 0 Å². The van der Waals surface area contributed by atoms with E-state index in [1.165, 1.54) is 43.0 Å². The normalized spacial score (nSPS) is 16.9. The molecule has 0 spiro atoms. The van der Waals surface area contributed by atoms with Crippen LogP contribution in [-0.4, -0.2) is 198 Å². The molecular weight excluding hydrogens is 1110 g/mol. The van der Waals surface area contributed by atoms with Crippen molar-refractivity contribution in [2.24, 2.45) is 29.0 Å². The maximum Gasteiger partial charge on any atom is 0.326 e. The molecular formula is C52H80N12O20. The highest BCUT2D eigenvalue weighted by atomic mass is 16.4. The van der Waals surface area contributed by atoms with Gasteiger partial charge in [0, 0.05) is 19.4 Å². The number of primary amides is 1. The number of aliphatic hydroxyl groups is 1. The Balaban J connectivity index is 2.36. The minimum absolute atomic E-state index is 0.0159. The SMILES string of the molecule is CC[C@H](C)[C@H](NC(=O)[C@H](Cc1ccc(O)cc1)NC(=O)[C@@H](N)CCC(=O)O)C(=O)N1CCC[C@H]1C(=O)N[C@H](C(=O)N[C@H](C(=O)N[C@@H](CC(=O)O)C(=O)N[C@@H](CC(=O)O)C(=O)N[C@@H](CC(N)=O)C(=O)N[C@@H](CCCCN)C(=O)O)C(C)C)[C@@H](C)O. The topological polar surface area (TPSA) is 538 Å². The summed E-state index contributed by atoms with van der Waals surface area (Å²) in [5.41, 5.74) is 17.1. The summed E-state index contributed by atoms with van der Waals surface area (Å²) in [4.78, 5) is 184. The number of nitrogens with two attached hydrogens (primary N) is 3. The van der Waals surface area contributed by atoms with Crippen molar-refractivity contribution in [2.75, 3.05) is 13.1 Å². The molecule has 32 heteroatoms. The van der Waals surface area contributed by atoms with Crippen LogP contribution in [0.3, 0.4) is 0 Å². The Morgan fingerprint density at radius 2 is 1.08 bits per heavy atom. The van der Waals surface area contributed by atoms with Crippen molar-refractivity contribution in [1.82, 2.24) is 47.4 Å². The van der Waals surface area contributed by atoms with Crippen LogP contribution in [0, 0.1) is 11.8 Å². The van der Waals surface area contributed by atoms with Gasteiger partial charge in [-0.1, -0.05) is 46.2 Å². The number of carbonyl (C=O) groups is 14. The highest BCUT2D eigenvalue weighted by Gasteiger charge is 2.43. The number of nitrogens with zero attached hydrogens (tertiary/aromatic N) is 1. The van der Waals surface area contributed by atoms with Gasteiger partial charge in [-0.05, 0) is 81.5 Å². The average molecular weight is 1190 g/mol. The molecule has 0 aromatic heterocycles. The molecule has 1 aliphatic heterocycles. The fraction of sp³-hybridized carbons (Fsp3) is 0.615. The van der Waals surface area contributed by atoms with Gasteiger partial charge in [0.2, 0.25) is 59.1 Å². The molecule has 1 fully saturated rings. The molecule has 1 saturated heterocycles. The molecule has 20 N–H and O–H groups in total. The summed E-state index contributed by atoms with van der Waals surface area (Å²) in [6, 6.07) is -10.9. The van der Waals surface area contributed by atoms with Crippen LogP contribution in [0.2, 0.25) is 0 Å².